The zero-order chi connectivity index (χ0) is 16.8. The predicted molar refractivity (Wildman–Crippen MR) is 101 cm³/mol. The van der Waals surface area contributed by atoms with Gasteiger partial charge in [0.25, 0.3) is 0 Å². The van der Waals surface area contributed by atoms with Crippen molar-refractivity contribution in [1.82, 2.24) is 0 Å². The summed E-state index contributed by atoms with van der Waals surface area (Å²) < 4.78 is 0. The van der Waals surface area contributed by atoms with Crippen molar-refractivity contribution in [1.29, 1.82) is 0 Å². The second kappa shape index (κ2) is 12.8. The van der Waals surface area contributed by atoms with E-state index in [1.807, 2.05) is 0 Å². The average molecular weight is 326 g/mol. The summed E-state index contributed by atoms with van der Waals surface area (Å²) in [6.07, 6.45) is 12.5. The van der Waals surface area contributed by atoms with Gasteiger partial charge < -0.3 is 10.2 Å². The summed E-state index contributed by atoms with van der Waals surface area (Å²) in [4.78, 5) is 0. The number of para-hydroxylation sites is 2. The van der Waals surface area contributed by atoms with Gasteiger partial charge in [0.2, 0.25) is 0 Å². The molecule has 22 heavy (non-hydrogen) atoms. The van der Waals surface area contributed by atoms with Gasteiger partial charge >= 0.3 is 0 Å². The van der Waals surface area contributed by atoms with E-state index in [2.05, 4.69) is 30.0 Å². The normalized spacial score (nSPS) is 10.9. The third-order valence-corrected chi connectivity index (χ3v) is 4.83. The van der Waals surface area contributed by atoms with Crippen LogP contribution in [0.15, 0.2) is 24.3 Å². The molecule has 2 N–H and O–H groups in total. The van der Waals surface area contributed by atoms with Gasteiger partial charge in [-0.2, -0.15) is 0 Å². The zero-order valence-corrected chi connectivity index (χ0v) is 15.8. The smallest absolute Gasteiger partial charge is 0.157 e. The lowest BCUT2D eigenvalue weighted by molar-refractivity contribution is 0.404. The van der Waals surface area contributed by atoms with E-state index in [0.717, 1.165) is 0 Å². The van der Waals surface area contributed by atoms with Gasteiger partial charge in [-0.3, -0.25) is 0 Å². The van der Waals surface area contributed by atoms with Crippen LogP contribution in [0.1, 0.15) is 78.6 Å². The summed E-state index contributed by atoms with van der Waals surface area (Å²) in [5.74, 6) is -0.153. The highest BCUT2D eigenvalue weighted by atomic mass is 31.0. The van der Waals surface area contributed by atoms with Crippen LogP contribution in [-0.2, 0) is 0 Å². The Balaban J connectivity index is 0.000000461. The Hall–Kier alpha value is -0.750. The molecule has 0 spiro atoms. The van der Waals surface area contributed by atoms with Gasteiger partial charge in [-0.1, -0.05) is 71.4 Å². The number of benzene rings is 1. The van der Waals surface area contributed by atoms with E-state index >= 15 is 0 Å². The van der Waals surface area contributed by atoms with Crippen molar-refractivity contribution in [2.24, 2.45) is 0 Å². The van der Waals surface area contributed by atoms with Crippen LogP contribution < -0.4 is 0 Å². The highest BCUT2D eigenvalue weighted by Crippen LogP contribution is 2.36. The molecule has 0 bridgehead atoms. The number of unbranched alkanes of at least 4 members (excludes halogenated alkanes) is 3. The molecule has 1 atom stereocenters. The molecule has 0 saturated carbocycles. The quantitative estimate of drug-likeness (QED) is 0.415. The lowest BCUT2D eigenvalue weighted by atomic mass is 9.90. The molecule has 0 radical (unpaired) electrons. The van der Waals surface area contributed by atoms with Gasteiger partial charge in [0.05, 0.1) is 0 Å². The fraction of sp³-hybridized carbons (Fsp3) is 0.684. The van der Waals surface area contributed by atoms with Crippen molar-refractivity contribution in [2.45, 2.75) is 83.7 Å². The zero-order valence-electron chi connectivity index (χ0n) is 14.6. The van der Waals surface area contributed by atoms with Crippen LogP contribution in [0, 0.1) is 0 Å². The lowest BCUT2D eigenvalue weighted by Crippen LogP contribution is -2.20. The minimum Gasteiger partial charge on any atom is -0.504 e. The van der Waals surface area contributed by atoms with E-state index in [9.17, 15) is 0 Å². The maximum atomic E-state index is 8.67. The fourth-order valence-electron chi connectivity index (χ4n) is 2.43. The summed E-state index contributed by atoms with van der Waals surface area (Å²) in [6, 6.07) is 6.15. The van der Waals surface area contributed by atoms with E-state index < -0.39 is 0 Å². The Morgan fingerprint density at radius 3 is 1.32 bits per heavy atom. The topological polar surface area (TPSA) is 40.5 Å². The second-order valence-corrected chi connectivity index (χ2v) is 7.39. The van der Waals surface area contributed by atoms with E-state index in [-0.39, 0.29) is 11.5 Å². The van der Waals surface area contributed by atoms with Gasteiger partial charge in [0.1, 0.15) is 0 Å². The van der Waals surface area contributed by atoms with Crippen LogP contribution in [0.3, 0.4) is 0 Å². The van der Waals surface area contributed by atoms with E-state index in [4.69, 9.17) is 10.2 Å². The van der Waals surface area contributed by atoms with Crippen molar-refractivity contribution in [3.05, 3.63) is 24.3 Å². The molecule has 0 heterocycles. The SMILES string of the molecule is CCCCC(P)(CCCC)CCCC.Oc1ccccc1O. The first-order valence-corrected chi connectivity index (χ1v) is 9.32. The molecular formula is C19H35O2P. The largest absolute Gasteiger partial charge is 0.504 e. The van der Waals surface area contributed by atoms with Crippen molar-refractivity contribution in [2.75, 3.05) is 0 Å². The molecule has 0 aliphatic carbocycles. The summed E-state index contributed by atoms with van der Waals surface area (Å²) >= 11 is 0. The minimum absolute atomic E-state index is 0.0764. The van der Waals surface area contributed by atoms with Gasteiger partial charge in [-0.05, 0) is 36.6 Å². The number of hydrogen-bond acceptors (Lipinski definition) is 2. The van der Waals surface area contributed by atoms with Gasteiger partial charge in [0, 0.05) is 0 Å². The van der Waals surface area contributed by atoms with Crippen LogP contribution in [0.25, 0.3) is 0 Å². The van der Waals surface area contributed by atoms with Crippen molar-refractivity contribution in [3.8, 4) is 11.5 Å². The van der Waals surface area contributed by atoms with Gasteiger partial charge in [-0.25, -0.2) is 0 Å². The van der Waals surface area contributed by atoms with Crippen molar-refractivity contribution < 1.29 is 10.2 Å². The van der Waals surface area contributed by atoms with Crippen LogP contribution >= 0.6 is 9.24 Å². The van der Waals surface area contributed by atoms with Gasteiger partial charge in [0.15, 0.2) is 11.5 Å². The Bertz CT molecular complexity index is 337. The first-order valence-electron chi connectivity index (χ1n) is 8.75. The minimum atomic E-state index is -0.0764. The molecule has 0 amide bonds. The molecule has 0 aromatic heterocycles. The molecule has 0 fully saturated rings. The van der Waals surface area contributed by atoms with E-state index in [0.29, 0.717) is 5.16 Å². The molecule has 2 nitrogen and oxygen atoms in total. The summed E-state index contributed by atoms with van der Waals surface area (Å²) in [7, 11) is 3.17. The van der Waals surface area contributed by atoms with Crippen LogP contribution in [0.5, 0.6) is 11.5 Å². The standard InChI is InChI=1S/C13H29P.C6H6O2/c1-4-7-10-13(14,11-8-5-2)12-9-6-3;7-5-3-1-2-4-6(5)8/h4-12,14H2,1-3H3;1-4,7-8H. The van der Waals surface area contributed by atoms with Crippen LogP contribution in [0.2, 0.25) is 0 Å². The van der Waals surface area contributed by atoms with Gasteiger partial charge in [-0.15, -0.1) is 9.24 Å². The lowest BCUT2D eigenvalue weighted by Gasteiger charge is -2.29. The van der Waals surface area contributed by atoms with Crippen molar-refractivity contribution >= 4 is 9.24 Å². The predicted octanol–water partition coefficient (Wildman–Crippen LogP) is 6.27. The Kier molecular flexibility index (Phi) is 12.3. The molecule has 1 rings (SSSR count). The molecule has 1 aromatic rings. The highest BCUT2D eigenvalue weighted by Gasteiger charge is 2.22. The second-order valence-electron chi connectivity index (χ2n) is 6.16. The number of rotatable bonds is 9. The first kappa shape index (κ1) is 21.2. The number of aromatic hydroxyl groups is 2. The maximum absolute atomic E-state index is 8.67. The number of phenols is 2. The monoisotopic (exact) mass is 326 g/mol. The van der Waals surface area contributed by atoms with Crippen molar-refractivity contribution in [3.63, 3.8) is 0 Å². The molecule has 128 valence electrons. The Labute approximate surface area is 139 Å². The molecule has 0 saturated heterocycles. The van der Waals surface area contributed by atoms with Crippen LogP contribution in [0.4, 0.5) is 0 Å². The Morgan fingerprint density at radius 1 is 0.773 bits per heavy atom. The van der Waals surface area contributed by atoms with E-state index in [1.54, 1.807) is 12.1 Å². The molecule has 0 aliphatic heterocycles. The number of hydrogen-bond donors (Lipinski definition) is 2. The molecule has 1 unspecified atom stereocenters. The number of phenolic OH excluding ortho intramolecular Hbond substituents is 2. The molecule has 1 aromatic carbocycles. The maximum Gasteiger partial charge on any atom is 0.157 e. The third kappa shape index (κ3) is 10.1. The molecular weight excluding hydrogens is 291 g/mol. The molecule has 0 aliphatic rings. The highest BCUT2D eigenvalue weighted by molar-refractivity contribution is 7.19. The average Bonchev–Trinajstić information content (AvgIpc) is 2.53. The molecule has 3 heteroatoms. The summed E-state index contributed by atoms with van der Waals surface area (Å²) in [5, 5.41) is 17.9. The first-order chi connectivity index (χ1) is 10.5. The summed E-state index contributed by atoms with van der Waals surface area (Å²) in [6.45, 7) is 6.89. The van der Waals surface area contributed by atoms with E-state index in [1.165, 1.54) is 69.9 Å². The fourth-order valence-corrected chi connectivity index (χ4v) is 3.04. The Morgan fingerprint density at radius 2 is 1.09 bits per heavy atom. The summed E-state index contributed by atoms with van der Waals surface area (Å²) in [5.41, 5.74) is 0. The third-order valence-electron chi connectivity index (χ3n) is 3.97. The van der Waals surface area contributed by atoms with Crippen LogP contribution in [-0.4, -0.2) is 15.4 Å².